The average molecular weight is 419 g/mol. The molecule has 2 aromatic carbocycles. The number of piperidine rings is 1. The van der Waals surface area contributed by atoms with Crippen LogP contribution in [0.5, 0.6) is 11.5 Å². The predicted octanol–water partition coefficient (Wildman–Crippen LogP) is 2.68. The highest BCUT2D eigenvalue weighted by atomic mass is 32.2. The smallest absolute Gasteiger partial charge is 0.253 e. The molecule has 1 saturated heterocycles. The largest absolute Gasteiger partial charge is 0.497 e. The zero-order chi connectivity index (χ0) is 20.9. The van der Waals surface area contributed by atoms with Gasteiger partial charge in [0.25, 0.3) is 5.91 Å². The molecule has 1 aliphatic heterocycles. The van der Waals surface area contributed by atoms with Crippen molar-refractivity contribution in [3.63, 3.8) is 0 Å². The summed E-state index contributed by atoms with van der Waals surface area (Å²) in [4.78, 5) is 14.6. The van der Waals surface area contributed by atoms with E-state index in [1.807, 2.05) is 6.92 Å². The molecule has 1 heterocycles. The van der Waals surface area contributed by atoms with Crippen LogP contribution in [0.4, 0.5) is 0 Å². The molecule has 1 amide bonds. The summed E-state index contributed by atoms with van der Waals surface area (Å²) in [6.07, 6.45) is 1.14. The van der Waals surface area contributed by atoms with Crippen molar-refractivity contribution in [1.29, 1.82) is 0 Å². The summed E-state index contributed by atoms with van der Waals surface area (Å²) in [5.41, 5.74) is 0.603. The molecular formula is C21H26N2O5S. The van der Waals surface area contributed by atoms with E-state index in [4.69, 9.17) is 9.47 Å². The Morgan fingerprint density at radius 2 is 1.62 bits per heavy atom. The second-order valence-electron chi connectivity index (χ2n) is 6.82. The lowest BCUT2D eigenvalue weighted by atomic mass is 10.0. The Labute approximate surface area is 171 Å². The Kier molecular flexibility index (Phi) is 6.76. The molecule has 1 N–H and O–H groups in total. The van der Waals surface area contributed by atoms with Crippen LogP contribution in [0, 0.1) is 0 Å². The maximum Gasteiger partial charge on any atom is 0.253 e. The number of benzene rings is 2. The predicted molar refractivity (Wildman–Crippen MR) is 110 cm³/mol. The molecular weight excluding hydrogens is 392 g/mol. The fourth-order valence-electron chi connectivity index (χ4n) is 3.29. The fourth-order valence-corrected chi connectivity index (χ4v) is 4.59. The highest BCUT2D eigenvalue weighted by Crippen LogP contribution is 2.20. The number of amides is 1. The number of nitrogens with zero attached hydrogens (tertiary/aromatic N) is 1. The van der Waals surface area contributed by atoms with E-state index in [9.17, 15) is 13.2 Å². The SMILES string of the molecule is CCOc1ccc(C(=O)N2CCC(NS(=O)(=O)c3ccc(OC)cc3)CC2)cc1. The topological polar surface area (TPSA) is 84.9 Å². The quantitative estimate of drug-likeness (QED) is 0.747. The standard InChI is InChI=1S/C21H26N2O5S/c1-3-28-19-6-4-16(5-7-19)21(24)23-14-12-17(13-15-23)22-29(25,26)20-10-8-18(27-2)9-11-20/h4-11,17,22H,3,12-15H2,1-2H3. The van der Waals surface area contributed by atoms with Gasteiger partial charge < -0.3 is 14.4 Å². The van der Waals surface area contributed by atoms with Crippen molar-refractivity contribution in [2.75, 3.05) is 26.8 Å². The van der Waals surface area contributed by atoms with E-state index in [0.29, 0.717) is 43.9 Å². The number of carbonyl (C=O) groups is 1. The normalized spacial score (nSPS) is 15.2. The van der Waals surface area contributed by atoms with Crippen molar-refractivity contribution >= 4 is 15.9 Å². The lowest BCUT2D eigenvalue weighted by molar-refractivity contribution is 0.0711. The lowest BCUT2D eigenvalue weighted by Crippen LogP contribution is -2.46. The van der Waals surface area contributed by atoms with Crippen LogP contribution >= 0.6 is 0 Å². The molecule has 0 atom stereocenters. The van der Waals surface area contributed by atoms with Gasteiger partial charge in [-0.3, -0.25) is 4.79 Å². The van der Waals surface area contributed by atoms with Crippen molar-refractivity contribution in [2.24, 2.45) is 0 Å². The van der Waals surface area contributed by atoms with Crippen LogP contribution < -0.4 is 14.2 Å². The van der Waals surface area contributed by atoms with E-state index in [1.54, 1.807) is 41.3 Å². The van der Waals surface area contributed by atoms with E-state index < -0.39 is 10.0 Å². The number of likely N-dealkylation sites (tertiary alicyclic amines) is 1. The van der Waals surface area contributed by atoms with Crippen LogP contribution in [0.1, 0.15) is 30.1 Å². The second-order valence-corrected chi connectivity index (χ2v) is 8.53. The first kappa shape index (κ1) is 21.1. The molecule has 1 aliphatic rings. The van der Waals surface area contributed by atoms with Crippen LogP contribution in [0.2, 0.25) is 0 Å². The molecule has 0 aromatic heterocycles. The van der Waals surface area contributed by atoms with Crippen molar-refractivity contribution in [3.8, 4) is 11.5 Å². The van der Waals surface area contributed by atoms with Gasteiger partial charge in [-0.25, -0.2) is 13.1 Å². The van der Waals surface area contributed by atoms with E-state index >= 15 is 0 Å². The summed E-state index contributed by atoms with van der Waals surface area (Å²) in [5.74, 6) is 1.28. The van der Waals surface area contributed by atoms with Crippen molar-refractivity contribution in [3.05, 3.63) is 54.1 Å². The minimum absolute atomic E-state index is 0.0514. The van der Waals surface area contributed by atoms with Gasteiger partial charge in [-0.1, -0.05) is 0 Å². The molecule has 29 heavy (non-hydrogen) atoms. The second kappa shape index (κ2) is 9.28. The molecule has 0 unspecified atom stereocenters. The van der Waals surface area contributed by atoms with Crippen molar-refractivity contribution in [2.45, 2.75) is 30.7 Å². The zero-order valence-electron chi connectivity index (χ0n) is 16.6. The van der Waals surface area contributed by atoms with Gasteiger partial charge >= 0.3 is 0 Å². The lowest BCUT2D eigenvalue weighted by Gasteiger charge is -2.32. The average Bonchev–Trinajstić information content (AvgIpc) is 2.74. The highest BCUT2D eigenvalue weighted by Gasteiger charge is 2.27. The van der Waals surface area contributed by atoms with Crippen LogP contribution in [-0.2, 0) is 10.0 Å². The van der Waals surface area contributed by atoms with E-state index in [-0.39, 0.29) is 16.8 Å². The first-order valence-corrected chi connectivity index (χ1v) is 11.1. The summed E-state index contributed by atoms with van der Waals surface area (Å²) in [6, 6.07) is 13.2. The Morgan fingerprint density at radius 1 is 1.03 bits per heavy atom. The molecule has 0 radical (unpaired) electrons. The van der Waals surface area contributed by atoms with E-state index in [1.165, 1.54) is 19.2 Å². The number of nitrogens with one attached hydrogen (secondary N) is 1. The molecule has 2 aromatic rings. The third-order valence-corrected chi connectivity index (χ3v) is 6.42. The third-order valence-electron chi connectivity index (χ3n) is 4.89. The number of carbonyl (C=O) groups excluding carboxylic acids is 1. The number of hydrogen-bond acceptors (Lipinski definition) is 5. The van der Waals surface area contributed by atoms with Crippen LogP contribution in [0.3, 0.4) is 0 Å². The minimum Gasteiger partial charge on any atom is -0.497 e. The van der Waals surface area contributed by atoms with Gasteiger partial charge in [0.1, 0.15) is 11.5 Å². The van der Waals surface area contributed by atoms with Gasteiger partial charge in [0.15, 0.2) is 0 Å². The summed E-state index contributed by atoms with van der Waals surface area (Å²) < 4.78 is 38.4. The van der Waals surface area contributed by atoms with Gasteiger partial charge in [-0.15, -0.1) is 0 Å². The van der Waals surface area contributed by atoms with Crippen LogP contribution in [0.25, 0.3) is 0 Å². The summed E-state index contributed by atoms with van der Waals surface area (Å²) >= 11 is 0. The maximum absolute atomic E-state index is 12.7. The minimum atomic E-state index is -3.61. The van der Waals surface area contributed by atoms with E-state index in [0.717, 1.165) is 5.75 Å². The van der Waals surface area contributed by atoms with Gasteiger partial charge in [0.05, 0.1) is 18.6 Å². The molecule has 156 valence electrons. The molecule has 0 aliphatic carbocycles. The third kappa shape index (κ3) is 5.27. The van der Waals surface area contributed by atoms with Crippen LogP contribution in [0.15, 0.2) is 53.4 Å². The van der Waals surface area contributed by atoms with Gasteiger partial charge in [0.2, 0.25) is 10.0 Å². The number of hydrogen-bond donors (Lipinski definition) is 1. The monoisotopic (exact) mass is 418 g/mol. The van der Waals surface area contributed by atoms with Crippen molar-refractivity contribution < 1.29 is 22.7 Å². The Morgan fingerprint density at radius 3 is 2.17 bits per heavy atom. The number of rotatable bonds is 7. The van der Waals surface area contributed by atoms with Gasteiger partial charge in [-0.2, -0.15) is 0 Å². The first-order valence-electron chi connectivity index (χ1n) is 9.61. The van der Waals surface area contributed by atoms with Gasteiger partial charge in [-0.05, 0) is 68.3 Å². The number of sulfonamides is 1. The van der Waals surface area contributed by atoms with Gasteiger partial charge in [0, 0.05) is 24.7 Å². The molecule has 1 fully saturated rings. The zero-order valence-corrected chi connectivity index (χ0v) is 17.4. The summed E-state index contributed by atoms with van der Waals surface area (Å²) in [6.45, 7) is 3.49. The first-order chi connectivity index (χ1) is 13.9. The number of ether oxygens (including phenoxy) is 2. The Bertz CT molecular complexity index is 919. The molecule has 0 bridgehead atoms. The summed E-state index contributed by atoms with van der Waals surface area (Å²) in [5, 5.41) is 0. The fraction of sp³-hybridized carbons (Fsp3) is 0.381. The maximum atomic E-state index is 12.7. The van der Waals surface area contributed by atoms with E-state index in [2.05, 4.69) is 4.72 Å². The summed E-state index contributed by atoms with van der Waals surface area (Å²) in [7, 11) is -2.08. The Hall–Kier alpha value is -2.58. The molecule has 7 nitrogen and oxygen atoms in total. The highest BCUT2D eigenvalue weighted by molar-refractivity contribution is 7.89. The molecule has 0 saturated carbocycles. The molecule has 8 heteroatoms. The molecule has 0 spiro atoms. The van der Waals surface area contributed by atoms with Crippen LogP contribution in [-0.4, -0.2) is 52.1 Å². The number of methoxy groups -OCH3 is 1. The van der Waals surface area contributed by atoms with Crippen molar-refractivity contribution in [1.82, 2.24) is 9.62 Å². The molecule has 3 rings (SSSR count). The Balaban J connectivity index is 1.56.